The highest BCUT2D eigenvalue weighted by Crippen LogP contribution is 2.45. The minimum Gasteiger partial charge on any atom is -0.480 e. The molecule has 1 aliphatic rings. The quantitative estimate of drug-likeness (QED) is 0.496. The molecule has 0 unspecified atom stereocenters. The lowest BCUT2D eigenvalue weighted by atomic mass is 10.0. The van der Waals surface area contributed by atoms with E-state index in [-0.39, 0.29) is 5.69 Å². The van der Waals surface area contributed by atoms with Gasteiger partial charge in [-0.25, -0.2) is 0 Å². The van der Waals surface area contributed by atoms with Gasteiger partial charge in [0.1, 0.15) is 12.2 Å². The van der Waals surface area contributed by atoms with Crippen molar-refractivity contribution in [3.63, 3.8) is 0 Å². The highest BCUT2D eigenvalue weighted by molar-refractivity contribution is 6.31. The summed E-state index contributed by atoms with van der Waals surface area (Å²) in [6.45, 7) is -0.0516. The van der Waals surface area contributed by atoms with Crippen LogP contribution in [0.25, 0.3) is 10.9 Å². The number of nitrogens with two attached hydrogens (primary N) is 1. The van der Waals surface area contributed by atoms with E-state index in [0.717, 1.165) is 11.1 Å². The predicted molar refractivity (Wildman–Crippen MR) is 123 cm³/mol. The number of carbonyl (C=O) groups excluding carboxylic acids is 3. The number of halogens is 1. The zero-order valence-electron chi connectivity index (χ0n) is 18.2. The molecule has 0 radical (unpaired) electrons. The van der Waals surface area contributed by atoms with Gasteiger partial charge < -0.3 is 25.0 Å². The molecule has 2 aromatic carbocycles. The molecule has 1 aliphatic carbocycles. The molecule has 0 spiro atoms. The first kappa shape index (κ1) is 23.3. The Bertz CT molecular complexity index is 1320. The molecular formula is C24H22ClN3O6. The van der Waals surface area contributed by atoms with Crippen LogP contribution in [-0.2, 0) is 25.5 Å². The summed E-state index contributed by atoms with van der Waals surface area (Å²) in [5.41, 5.74) is 8.24. The number of carboxylic acids is 1. The van der Waals surface area contributed by atoms with Crippen LogP contribution in [-0.4, -0.2) is 51.5 Å². The number of hydrogen-bond acceptors (Lipinski definition) is 5. The second-order valence-electron chi connectivity index (χ2n) is 8.08. The molecular weight excluding hydrogens is 462 g/mol. The van der Waals surface area contributed by atoms with Crippen molar-refractivity contribution in [1.29, 1.82) is 0 Å². The smallest absolute Gasteiger partial charge is 0.323 e. The molecule has 34 heavy (non-hydrogen) atoms. The number of aromatic nitrogens is 1. The van der Waals surface area contributed by atoms with Gasteiger partial charge in [0.05, 0.1) is 12.1 Å². The summed E-state index contributed by atoms with van der Waals surface area (Å²) in [6, 6.07) is 12.8. The van der Waals surface area contributed by atoms with E-state index < -0.39 is 49.0 Å². The van der Waals surface area contributed by atoms with Gasteiger partial charge in [-0.15, -0.1) is 0 Å². The molecule has 2 atom stereocenters. The fraction of sp³-hybridized carbons (Fsp3) is 0.250. The monoisotopic (exact) mass is 483 g/mol. The highest BCUT2D eigenvalue weighted by atomic mass is 35.5. The van der Waals surface area contributed by atoms with Crippen molar-refractivity contribution in [2.45, 2.75) is 25.4 Å². The number of fused-ring (bicyclic) bond motifs is 2. The minimum atomic E-state index is -1.22. The van der Waals surface area contributed by atoms with Crippen LogP contribution in [0, 0.1) is 0 Å². The van der Waals surface area contributed by atoms with Crippen molar-refractivity contribution in [3.8, 4) is 0 Å². The number of ether oxygens (including phenoxy) is 1. The number of primary amides is 1. The maximum Gasteiger partial charge on any atom is 0.323 e. The molecule has 0 saturated heterocycles. The number of amides is 2. The van der Waals surface area contributed by atoms with Gasteiger partial charge in [-0.05, 0) is 41.8 Å². The first-order chi connectivity index (χ1) is 16.2. The van der Waals surface area contributed by atoms with Gasteiger partial charge in [-0.3, -0.25) is 19.2 Å². The molecule has 3 aromatic rings. The van der Waals surface area contributed by atoms with E-state index in [0.29, 0.717) is 22.3 Å². The summed E-state index contributed by atoms with van der Waals surface area (Å²) in [6.07, 6.45) is 0.421. The maximum absolute atomic E-state index is 13.1. The van der Waals surface area contributed by atoms with E-state index in [1.165, 1.54) is 11.8 Å². The topological polar surface area (TPSA) is 132 Å². The lowest BCUT2D eigenvalue weighted by Gasteiger charge is -2.34. The Hall–Kier alpha value is -3.85. The van der Waals surface area contributed by atoms with Gasteiger partial charge in [-0.1, -0.05) is 35.9 Å². The Balaban J connectivity index is 1.89. The number of carboxylic acid groups (broad SMARTS) is 1. The van der Waals surface area contributed by atoms with Gasteiger partial charge in [-0.2, -0.15) is 0 Å². The third-order valence-electron chi connectivity index (χ3n) is 5.91. The van der Waals surface area contributed by atoms with Crippen molar-refractivity contribution in [3.05, 3.63) is 70.4 Å². The van der Waals surface area contributed by atoms with E-state index >= 15 is 0 Å². The van der Waals surface area contributed by atoms with E-state index in [9.17, 15) is 24.3 Å². The molecule has 10 heteroatoms. The zero-order chi connectivity index (χ0) is 24.6. The molecule has 3 N–H and O–H groups in total. The number of nitrogens with zero attached hydrogens (tertiary/aromatic N) is 2. The minimum absolute atomic E-state index is 0.211. The van der Waals surface area contributed by atoms with Crippen LogP contribution in [0.4, 0.5) is 0 Å². The molecule has 176 valence electrons. The molecule has 1 aromatic heterocycles. The fourth-order valence-electron chi connectivity index (χ4n) is 4.65. The van der Waals surface area contributed by atoms with Crippen molar-refractivity contribution in [1.82, 2.24) is 9.47 Å². The summed E-state index contributed by atoms with van der Waals surface area (Å²) >= 11 is 6.15. The lowest BCUT2D eigenvalue weighted by molar-refractivity contribution is -0.154. The Morgan fingerprint density at radius 3 is 2.59 bits per heavy atom. The van der Waals surface area contributed by atoms with Crippen molar-refractivity contribution in [2.24, 2.45) is 5.73 Å². The predicted octanol–water partition coefficient (Wildman–Crippen LogP) is 2.71. The Morgan fingerprint density at radius 2 is 1.91 bits per heavy atom. The Labute approximate surface area is 199 Å². The first-order valence-electron chi connectivity index (χ1n) is 10.5. The molecule has 4 rings (SSSR count). The van der Waals surface area contributed by atoms with Crippen molar-refractivity contribution in [2.75, 3.05) is 13.2 Å². The van der Waals surface area contributed by atoms with Gasteiger partial charge in [0, 0.05) is 22.8 Å². The number of hydrogen-bond donors (Lipinski definition) is 2. The summed E-state index contributed by atoms with van der Waals surface area (Å²) in [4.78, 5) is 49.7. The van der Waals surface area contributed by atoms with E-state index in [2.05, 4.69) is 0 Å². The second-order valence-corrected chi connectivity index (χ2v) is 8.51. The SMILES string of the molecule is CC(=O)OCC(=O)N(CC(=O)O)[C@@H]1c2ccccc2C[C@H]1n1c(C(N)=O)cc2cc(Cl)ccc21. The van der Waals surface area contributed by atoms with Crippen molar-refractivity contribution >= 4 is 46.3 Å². The zero-order valence-corrected chi connectivity index (χ0v) is 19.0. The van der Waals surface area contributed by atoms with Gasteiger partial charge >= 0.3 is 11.9 Å². The molecule has 0 fully saturated rings. The Kier molecular flexibility index (Phi) is 6.30. The number of esters is 1. The van der Waals surface area contributed by atoms with Crippen LogP contribution >= 0.6 is 11.6 Å². The molecule has 0 aliphatic heterocycles. The summed E-state index contributed by atoms with van der Waals surface area (Å²) in [7, 11) is 0. The fourth-order valence-corrected chi connectivity index (χ4v) is 4.83. The van der Waals surface area contributed by atoms with Crippen LogP contribution in [0.3, 0.4) is 0 Å². The van der Waals surface area contributed by atoms with Crippen LogP contribution in [0.5, 0.6) is 0 Å². The third-order valence-corrected chi connectivity index (χ3v) is 6.15. The average Bonchev–Trinajstić information content (AvgIpc) is 3.33. The van der Waals surface area contributed by atoms with Crippen LogP contribution < -0.4 is 5.73 Å². The maximum atomic E-state index is 13.1. The van der Waals surface area contributed by atoms with Gasteiger partial charge in [0.2, 0.25) is 0 Å². The summed E-state index contributed by atoms with van der Waals surface area (Å²) in [5.74, 6) is -3.21. The van der Waals surface area contributed by atoms with E-state index in [1.807, 2.05) is 18.2 Å². The highest BCUT2D eigenvalue weighted by Gasteiger charge is 2.42. The molecule has 9 nitrogen and oxygen atoms in total. The van der Waals surface area contributed by atoms with Gasteiger partial charge in [0.25, 0.3) is 11.8 Å². The van der Waals surface area contributed by atoms with E-state index in [4.69, 9.17) is 22.1 Å². The van der Waals surface area contributed by atoms with Crippen molar-refractivity contribution < 1.29 is 29.0 Å². The number of aliphatic carboxylic acids is 1. The van der Waals surface area contributed by atoms with Crippen LogP contribution in [0.2, 0.25) is 5.02 Å². The van der Waals surface area contributed by atoms with Gasteiger partial charge in [0.15, 0.2) is 6.61 Å². The lowest BCUT2D eigenvalue weighted by Crippen LogP contribution is -2.43. The average molecular weight is 484 g/mol. The molecule has 0 bridgehead atoms. The normalized spacial score (nSPS) is 16.8. The Morgan fingerprint density at radius 1 is 1.18 bits per heavy atom. The summed E-state index contributed by atoms with van der Waals surface area (Å²) < 4.78 is 6.61. The number of carbonyl (C=O) groups is 4. The van der Waals surface area contributed by atoms with E-state index in [1.54, 1.807) is 34.9 Å². The number of rotatable bonds is 7. The molecule has 2 amide bonds. The summed E-state index contributed by atoms with van der Waals surface area (Å²) in [5, 5.41) is 10.8. The molecule has 0 saturated carbocycles. The second kappa shape index (κ2) is 9.18. The first-order valence-corrected chi connectivity index (χ1v) is 10.9. The largest absolute Gasteiger partial charge is 0.480 e. The third kappa shape index (κ3) is 4.34. The van der Waals surface area contributed by atoms with Crippen LogP contribution in [0.1, 0.15) is 40.6 Å². The number of benzene rings is 2. The van der Waals surface area contributed by atoms with Crippen LogP contribution in [0.15, 0.2) is 48.5 Å². The molecule has 1 heterocycles. The standard InChI is InChI=1S/C24H22ClN3O6/c1-13(29)34-12-21(30)27(11-22(31)32)23-17-5-3-2-4-14(17)9-19(23)28-18-7-6-16(25)8-15(18)10-20(28)24(26)33/h2-8,10,19,23H,9,11-12H2,1H3,(H2,26,33)(H,31,32)/t19-,23-/m1/s1.